The lowest BCUT2D eigenvalue weighted by Gasteiger charge is -2.34. The maximum atomic E-state index is 12.6. The molecule has 5 heteroatoms. The van der Waals surface area contributed by atoms with Gasteiger partial charge in [0, 0.05) is 24.8 Å². The molecule has 0 saturated carbocycles. The Kier molecular flexibility index (Phi) is 4.58. The molecule has 2 nitrogen and oxygen atoms in total. The molecule has 1 aromatic rings. The summed E-state index contributed by atoms with van der Waals surface area (Å²) in [6.07, 6.45) is -3.30. The normalized spacial score (nSPS) is 19.1. The second-order valence-electron chi connectivity index (χ2n) is 5.75. The van der Waals surface area contributed by atoms with Crippen LogP contribution in [-0.4, -0.2) is 36.8 Å². The van der Waals surface area contributed by atoms with Gasteiger partial charge < -0.3 is 5.32 Å². The van der Waals surface area contributed by atoms with E-state index in [0.29, 0.717) is 6.54 Å². The number of hydrogen-bond donors (Lipinski definition) is 1. The topological polar surface area (TPSA) is 15.3 Å². The minimum absolute atomic E-state index is 0.103. The number of fused-ring (bicyclic) bond motifs is 1. The largest absolute Gasteiger partial charge is 0.401 e. The van der Waals surface area contributed by atoms with Gasteiger partial charge in [-0.05, 0) is 37.8 Å². The van der Waals surface area contributed by atoms with Crippen molar-refractivity contribution in [3.8, 4) is 0 Å². The van der Waals surface area contributed by atoms with Crippen molar-refractivity contribution < 1.29 is 13.2 Å². The predicted molar refractivity (Wildman–Crippen MR) is 74.9 cm³/mol. The van der Waals surface area contributed by atoms with Gasteiger partial charge in [0.15, 0.2) is 0 Å². The quantitative estimate of drug-likeness (QED) is 0.910. The van der Waals surface area contributed by atoms with Gasteiger partial charge >= 0.3 is 6.18 Å². The Morgan fingerprint density at radius 3 is 2.65 bits per heavy atom. The van der Waals surface area contributed by atoms with Crippen LogP contribution in [0.4, 0.5) is 18.9 Å². The Hall–Kier alpha value is -1.23. The Labute approximate surface area is 118 Å². The average Bonchev–Trinajstić information content (AvgIpc) is 2.36. The summed E-state index contributed by atoms with van der Waals surface area (Å²) in [5.74, 6) is 0.217. The third kappa shape index (κ3) is 4.13. The summed E-state index contributed by atoms with van der Waals surface area (Å²) in [6.45, 7) is 4.01. The Balaban J connectivity index is 1.99. The molecule has 1 aromatic carbocycles. The number of rotatable bonds is 4. The van der Waals surface area contributed by atoms with E-state index in [9.17, 15) is 13.2 Å². The minimum Gasteiger partial charge on any atom is -0.384 e. The molecule has 0 saturated heterocycles. The van der Waals surface area contributed by atoms with E-state index in [1.165, 1.54) is 10.5 Å². The zero-order valence-corrected chi connectivity index (χ0v) is 11.9. The van der Waals surface area contributed by atoms with E-state index in [4.69, 9.17) is 0 Å². The van der Waals surface area contributed by atoms with E-state index in [2.05, 4.69) is 5.32 Å². The van der Waals surface area contributed by atoms with Crippen LogP contribution in [0.3, 0.4) is 0 Å². The number of alkyl halides is 3. The third-order valence-electron chi connectivity index (χ3n) is 3.71. The molecule has 1 aliphatic heterocycles. The first-order valence-corrected chi connectivity index (χ1v) is 6.98. The van der Waals surface area contributed by atoms with Gasteiger partial charge in [0.2, 0.25) is 0 Å². The van der Waals surface area contributed by atoms with Crippen LogP contribution in [0.25, 0.3) is 0 Å². The van der Waals surface area contributed by atoms with E-state index in [1.807, 2.05) is 38.1 Å². The zero-order chi connectivity index (χ0) is 14.8. The van der Waals surface area contributed by atoms with Crippen LogP contribution in [0.5, 0.6) is 0 Å². The van der Waals surface area contributed by atoms with Crippen LogP contribution in [0.2, 0.25) is 0 Å². The van der Waals surface area contributed by atoms with Gasteiger partial charge in [-0.3, -0.25) is 4.90 Å². The second kappa shape index (κ2) is 6.04. The average molecular weight is 286 g/mol. The summed E-state index contributed by atoms with van der Waals surface area (Å²) in [5.41, 5.74) is 2.30. The fraction of sp³-hybridized carbons (Fsp3) is 0.600. The molecule has 0 fully saturated rings. The molecule has 1 atom stereocenters. The van der Waals surface area contributed by atoms with Crippen molar-refractivity contribution in [1.29, 1.82) is 0 Å². The second-order valence-corrected chi connectivity index (χ2v) is 5.75. The van der Waals surface area contributed by atoms with Crippen LogP contribution in [0.15, 0.2) is 24.3 Å². The van der Waals surface area contributed by atoms with Gasteiger partial charge in [-0.15, -0.1) is 0 Å². The molecule has 1 unspecified atom stereocenters. The molecule has 0 bridgehead atoms. The maximum Gasteiger partial charge on any atom is 0.401 e. The van der Waals surface area contributed by atoms with Gasteiger partial charge in [-0.25, -0.2) is 0 Å². The van der Waals surface area contributed by atoms with Gasteiger partial charge in [-0.1, -0.05) is 18.2 Å². The molecule has 1 aliphatic rings. The van der Waals surface area contributed by atoms with Gasteiger partial charge in [-0.2, -0.15) is 13.2 Å². The highest BCUT2D eigenvalue weighted by Crippen LogP contribution is 2.26. The summed E-state index contributed by atoms with van der Waals surface area (Å²) in [5, 5.41) is 3.31. The Bertz CT molecular complexity index is 443. The lowest BCUT2D eigenvalue weighted by Crippen LogP contribution is -2.44. The third-order valence-corrected chi connectivity index (χ3v) is 3.71. The van der Waals surface area contributed by atoms with Crippen molar-refractivity contribution in [3.05, 3.63) is 29.8 Å². The number of nitrogens with one attached hydrogen (secondary N) is 1. The predicted octanol–water partition coefficient (Wildman–Crippen LogP) is 3.54. The smallest absolute Gasteiger partial charge is 0.384 e. The molecular weight excluding hydrogens is 265 g/mol. The summed E-state index contributed by atoms with van der Waals surface area (Å²) < 4.78 is 37.8. The highest BCUT2D eigenvalue weighted by molar-refractivity contribution is 5.53. The zero-order valence-electron chi connectivity index (χ0n) is 11.9. The summed E-state index contributed by atoms with van der Waals surface area (Å²) in [4.78, 5) is 1.51. The number of halogens is 3. The van der Waals surface area contributed by atoms with E-state index in [1.54, 1.807) is 0 Å². The van der Waals surface area contributed by atoms with Gasteiger partial charge in [0.05, 0.1) is 6.54 Å². The van der Waals surface area contributed by atoms with Crippen molar-refractivity contribution in [2.45, 2.75) is 32.5 Å². The number of anilines is 1. The standard InChI is InChI=1S/C15H21F3N2/c1-11(2)20(10-15(16,17)18)9-12-7-13-5-3-4-6-14(13)19-8-12/h3-6,11-12,19H,7-10H2,1-2H3. The molecule has 0 spiro atoms. The molecule has 20 heavy (non-hydrogen) atoms. The molecule has 0 radical (unpaired) electrons. The van der Waals surface area contributed by atoms with Crippen LogP contribution in [0, 0.1) is 5.92 Å². The molecular formula is C15H21F3N2. The number of para-hydroxylation sites is 1. The van der Waals surface area contributed by atoms with Crippen LogP contribution >= 0.6 is 0 Å². The summed E-state index contributed by atoms with van der Waals surface area (Å²) in [6, 6.07) is 7.89. The van der Waals surface area contributed by atoms with Crippen molar-refractivity contribution >= 4 is 5.69 Å². The SMILES string of the molecule is CC(C)N(CC1CNc2ccccc2C1)CC(F)(F)F. The molecule has 0 aromatic heterocycles. The molecule has 1 heterocycles. The Morgan fingerprint density at radius 2 is 2.00 bits per heavy atom. The van der Waals surface area contributed by atoms with Gasteiger partial charge in [0.25, 0.3) is 0 Å². The molecule has 2 rings (SSSR count). The van der Waals surface area contributed by atoms with E-state index >= 15 is 0 Å². The van der Waals surface area contributed by atoms with Crippen LogP contribution in [-0.2, 0) is 6.42 Å². The first-order valence-electron chi connectivity index (χ1n) is 6.98. The van der Waals surface area contributed by atoms with Crippen molar-refractivity contribution in [3.63, 3.8) is 0 Å². The fourth-order valence-corrected chi connectivity index (χ4v) is 2.66. The molecule has 112 valence electrons. The first-order chi connectivity index (χ1) is 9.35. The van der Waals surface area contributed by atoms with Crippen LogP contribution < -0.4 is 5.32 Å². The highest BCUT2D eigenvalue weighted by atomic mass is 19.4. The minimum atomic E-state index is -4.13. The van der Waals surface area contributed by atoms with Crippen molar-refractivity contribution in [1.82, 2.24) is 4.90 Å². The number of nitrogens with zero attached hydrogens (tertiary/aromatic N) is 1. The van der Waals surface area contributed by atoms with Gasteiger partial charge in [0.1, 0.15) is 0 Å². The van der Waals surface area contributed by atoms with Crippen molar-refractivity contribution in [2.75, 3.05) is 25.0 Å². The van der Waals surface area contributed by atoms with E-state index in [0.717, 1.165) is 18.7 Å². The first kappa shape index (κ1) is 15.2. The summed E-state index contributed by atoms with van der Waals surface area (Å²) in [7, 11) is 0. The lowest BCUT2D eigenvalue weighted by molar-refractivity contribution is -0.150. The molecule has 0 amide bonds. The number of benzene rings is 1. The lowest BCUT2D eigenvalue weighted by atomic mass is 9.93. The summed E-state index contributed by atoms with van der Waals surface area (Å²) >= 11 is 0. The number of hydrogen-bond acceptors (Lipinski definition) is 2. The highest BCUT2D eigenvalue weighted by Gasteiger charge is 2.33. The monoisotopic (exact) mass is 286 g/mol. The molecule has 0 aliphatic carbocycles. The maximum absolute atomic E-state index is 12.6. The van der Waals surface area contributed by atoms with E-state index < -0.39 is 12.7 Å². The van der Waals surface area contributed by atoms with E-state index in [-0.39, 0.29) is 12.0 Å². The fourth-order valence-electron chi connectivity index (χ4n) is 2.66. The Morgan fingerprint density at radius 1 is 1.30 bits per heavy atom. The van der Waals surface area contributed by atoms with Crippen LogP contribution in [0.1, 0.15) is 19.4 Å². The van der Waals surface area contributed by atoms with Crippen molar-refractivity contribution in [2.24, 2.45) is 5.92 Å². The molecule has 1 N–H and O–H groups in total.